The number of fused-ring (bicyclic) bond motifs is 1. The minimum atomic E-state index is 0.497. The number of pyridine rings is 1. The average molecular weight is 470 g/mol. The Bertz CT molecular complexity index is 1270. The van der Waals surface area contributed by atoms with E-state index < -0.39 is 0 Å². The number of nitrogens with one attached hydrogen (secondary N) is 2. The van der Waals surface area contributed by atoms with Gasteiger partial charge in [0.1, 0.15) is 5.82 Å². The number of aryl methyl sites for hydroxylation is 2. The van der Waals surface area contributed by atoms with E-state index in [0.29, 0.717) is 6.04 Å². The zero-order chi connectivity index (χ0) is 23.3. The van der Waals surface area contributed by atoms with Gasteiger partial charge in [0.25, 0.3) is 0 Å². The largest absolute Gasteiger partial charge is 0.351 e. The van der Waals surface area contributed by atoms with Gasteiger partial charge in [0.05, 0.1) is 5.52 Å². The van der Waals surface area contributed by atoms with Crippen LogP contribution in [0.1, 0.15) is 50.3 Å². The number of rotatable bonds is 7. The summed E-state index contributed by atoms with van der Waals surface area (Å²) in [4.78, 5) is 15.5. The average Bonchev–Trinajstić information content (AvgIpc) is 2.88. The van der Waals surface area contributed by atoms with Gasteiger partial charge in [0.2, 0.25) is 5.95 Å². The van der Waals surface area contributed by atoms with Crippen LogP contribution in [0.15, 0.2) is 65.7 Å². The van der Waals surface area contributed by atoms with Gasteiger partial charge in [-0.1, -0.05) is 44.4 Å². The van der Waals surface area contributed by atoms with Crippen LogP contribution in [0.25, 0.3) is 22.0 Å². The van der Waals surface area contributed by atoms with Crippen molar-refractivity contribution in [3.05, 3.63) is 72.1 Å². The number of hydrogen-bond acceptors (Lipinski definition) is 6. The number of benzene rings is 2. The van der Waals surface area contributed by atoms with Gasteiger partial charge in [-0.15, -0.1) is 0 Å². The van der Waals surface area contributed by atoms with Crippen LogP contribution in [0.4, 0.5) is 11.8 Å². The van der Waals surface area contributed by atoms with E-state index in [1.54, 1.807) is 11.9 Å². The van der Waals surface area contributed by atoms with E-state index in [1.807, 2.05) is 30.5 Å². The van der Waals surface area contributed by atoms with Crippen LogP contribution < -0.4 is 10.0 Å². The lowest BCUT2D eigenvalue weighted by molar-refractivity contribution is 0.461. The number of hydrogen-bond donors (Lipinski definition) is 2. The lowest BCUT2D eigenvalue weighted by atomic mass is 9.96. The van der Waals surface area contributed by atoms with Crippen molar-refractivity contribution >= 4 is 34.6 Å². The highest BCUT2D eigenvalue weighted by molar-refractivity contribution is 8.00. The molecule has 2 aromatic carbocycles. The quantitative estimate of drug-likeness (QED) is 0.275. The normalized spacial score (nSPS) is 14.3. The molecule has 5 nitrogen and oxygen atoms in total. The topological polar surface area (TPSA) is 62.7 Å². The molecule has 2 N–H and O–H groups in total. The van der Waals surface area contributed by atoms with E-state index >= 15 is 0 Å². The van der Waals surface area contributed by atoms with Gasteiger partial charge in [-0.2, -0.15) is 0 Å². The molecular formula is C28H31N5S. The maximum Gasteiger partial charge on any atom is 0.223 e. The van der Waals surface area contributed by atoms with Crippen molar-refractivity contribution in [2.75, 3.05) is 10.0 Å². The molecule has 34 heavy (non-hydrogen) atoms. The van der Waals surface area contributed by atoms with E-state index in [9.17, 15) is 0 Å². The fraction of sp³-hybridized carbons (Fsp3) is 0.321. The zero-order valence-corrected chi connectivity index (χ0v) is 20.7. The van der Waals surface area contributed by atoms with Gasteiger partial charge in [-0.05, 0) is 85.7 Å². The summed E-state index contributed by atoms with van der Waals surface area (Å²) < 4.78 is 3.35. The molecule has 1 aliphatic carbocycles. The molecule has 0 amide bonds. The van der Waals surface area contributed by atoms with Crippen molar-refractivity contribution in [3.63, 3.8) is 0 Å². The summed E-state index contributed by atoms with van der Waals surface area (Å²) in [5.74, 6) is 1.61. The summed E-state index contributed by atoms with van der Waals surface area (Å²) in [6, 6.07) is 19.4. The zero-order valence-electron chi connectivity index (χ0n) is 19.8. The molecule has 0 radical (unpaired) electrons. The van der Waals surface area contributed by atoms with E-state index in [0.717, 1.165) is 50.8 Å². The molecule has 0 spiro atoms. The summed E-state index contributed by atoms with van der Waals surface area (Å²) in [5.41, 5.74) is 5.58. The molecule has 0 aliphatic heterocycles. The third-order valence-electron chi connectivity index (χ3n) is 6.49. The predicted molar refractivity (Wildman–Crippen MR) is 143 cm³/mol. The van der Waals surface area contributed by atoms with Crippen molar-refractivity contribution in [1.82, 2.24) is 15.0 Å². The number of aromatic nitrogens is 3. The lowest BCUT2D eigenvalue weighted by Gasteiger charge is -2.22. The minimum Gasteiger partial charge on any atom is -0.351 e. The molecule has 0 unspecified atom stereocenters. The molecule has 2 heterocycles. The van der Waals surface area contributed by atoms with E-state index in [4.69, 9.17) is 9.97 Å². The predicted octanol–water partition coefficient (Wildman–Crippen LogP) is 7.43. The smallest absolute Gasteiger partial charge is 0.223 e. The molecule has 5 rings (SSSR count). The molecule has 0 bridgehead atoms. The SMILES string of the molecule is CCc1cc(-c2ccc(NSc3ccccc3)nc2C)cc2cnc(NC3CCCCC3)nc12. The highest BCUT2D eigenvalue weighted by atomic mass is 32.2. The monoisotopic (exact) mass is 469 g/mol. The Morgan fingerprint density at radius 2 is 1.79 bits per heavy atom. The van der Waals surface area contributed by atoms with Crippen molar-refractivity contribution in [2.24, 2.45) is 0 Å². The molecule has 6 heteroatoms. The molecule has 0 atom stereocenters. The van der Waals surface area contributed by atoms with Crippen LogP contribution in [0.3, 0.4) is 0 Å². The van der Waals surface area contributed by atoms with E-state index in [2.05, 4.69) is 59.2 Å². The highest BCUT2D eigenvalue weighted by Gasteiger charge is 2.15. The van der Waals surface area contributed by atoms with Crippen LogP contribution in [-0.2, 0) is 6.42 Å². The molecule has 1 fully saturated rings. The molecule has 1 saturated carbocycles. The molecule has 4 aromatic rings. The van der Waals surface area contributed by atoms with Gasteiger partial charge in [-0.25, -0.2) is 15.0 Å². The Hall–Kier alpha value is -3.12. The van der Waals surface area contributed by atoms with Crippen LogP contribution in [0, 0.1) is 6.92 Å². The Morgan fingerprint density at radius 1 is 0.971 bits per heavy atom. The Labute approximate surface area is 206 Å². The van der Waals surface area contributed by atoms with Crippen molar-refractivity contribution in [1.29, 1.82) is 0 Å². The van der Waals surface area contributed by atoms with E-state index in [1.165, 1.54) is 37.7 Å². The van der Waals surface area contributed by atoms with Crippen molar-refractivity contribution in [3.8, 4) is 11.1 Å². The fourth-order valence-corrected chi connectivity index (χ4v) is 5.30. The minimum absolute atomic E-state index is 0.497. The third-order valence-corrected chi connectivity index (χ3v) is 7.31. The number of nitrogens with zero attached hydrogens (tertiary/aromatic N) is 3. The molecule has 174 valence electrons. The standard InChI is InChI=1S/C28H31N5S/c1-3-20-16-21(17-22-18-29-28(32-27(20)22)31-23-10-6-4-7-11-23)25-14-15-26(30-19(25)2)33-34-24-12-8-5-9-13-24/h5,8-9,12-18,23H,3-4,6-7,10-11H2,1-2H3,(H,30,33)(H,29,31,32). The number of anilines is 2. The summed E-state index contributed by atoms with van der Waals surface area (Å²) in [7, 11) is 0. The fourth-order valence-electron chi connectivity index (χ4n) is 4.67. The van der Waals surface area contributed by atoms with Gasteiger partial charge < -0.3 is 10.0 Å². The first kappa shape index (κ1) is 22.7. The molecule has 1 aliphatic rings. The van der Waals surface area contributed by atoms with Crippen molar-refractivity contribution < 1.29 is 0 Å². The summed E-state index contributed by atoms with van der Waals surface area (Å²) in [6.07, 6.45) is 9.24. The first-order valence-corrected chi connectivity index (χ1v) is 13.0. The Morgan fingerprint density at radius 3 is 2.56 bits per heavy atom. The van der Waals surface area contributed by atoms with Crippen LogP contribution >= 0.6 is 11.9 Å². The first-order chi connectivity index (χ1) is 16.7. The molecule has 2 aromatic heterocycles. The van der Waals surface area contributed by atoms with Crippen LogP contribution in [0.5, 0.6) is 0 Å². The van der Waals surface area contributed by atoms with Gasteiger partial charge in [0, 0.05) is 33.8 Å². The summed E-state index contributed by atoms with van der Waals surface area (Å²) in [5, 5.41) is 4.64. The second-order valence-electron chi connectivity index (χ2n) is 8.95. The van der Waals surface area contributed by atoms with Crippen LogP contribution in [0.2, 0.25) is 0 Å². The highest BCUT2D eigenvalue weighted by Crippen LogP contribution is 2.31. The van der Waals surface area contributed by atoms with Gasteiger partial charge in [0.15, 0.2) is 0 Å². The summed E-state index contributed by atoms with van der Waals surface area (Å²) >= 11 is 1.57. The Balaban J connectivity index is 1.38. The maximum atomic E-state index is 4.91. The second kappa shape index (κ2) is 10.4. The molecule has 0 saturated heterocycles. The van der Waals surface area contributed by atoms with Crippen LogP contribution in [-0.4, -0.2) is 21.0 Å². The first-order valence-electron chi connectivity index (χ1n) is 12.2. The molecular weight excluding hydrogens is 438 g/mol. The second-order valence-corrected chi connectivity index (χ2v) is 9.83. The maximum absolute atomic E-state index is 4.91. The van der Waals surface area contributed by atoms with Gasteiger partial charge in [-0.3, -0.25) is 0 Å². The van der Waals surface area contributed by atoms with E-state index in [-0.39, 0.29) is 0 Å². The van der Waals surface area contributed by atoms with Gasteiger partial charge >= 0.3 is 0 Å². The Kier molecular flexibility index (Phi) is 6.95. The van der Waals surface area contributed by atoms with Crippen molar-refractivity contribution in [2.45, 2.75) is 63.3 Å². The third kappa shape index (κ3) is 5.17. The lowest BCUT2D eigenvalue weighted by Crippen LogP contribution is -2.23. The summed E-state index contributed by atoms with van der Waals surface area (Å²) in [6.45, 7) is 4.25.